The molecule has 1 heterocycles. The van der Waals surface area contributed by atoms with Gasteiger partial charge in [-0.15, -0.1) is 0 Å². The van der Waals surface area contributed by atoms with Crippen LogP contribution in [-0.2, 0) is 10.3 Å². The van der Waals surface area contributed by atoms with E-state index in [4.69, 9.17) is 14.2 Å². The van der Waals surface area contributed by atoms with Gasteiger partial charge in [0.25, 0.3) is 11.8 Å². The van der Waals surface area contributed by atoms with Crippen molar-refractivity contribution in [3.05, 3.63) is 119 Å². The lowest BCUT2D eigenvalue weighted by Gasteiger charge is -2.37. The Morgan fingerprint density at radius 1 is 0.846 bits per heavy atom. The van der Waals surface area contributed by atoms with Crippen LogP contribution in [0.15, 0.2) is 84.5 Å². The number of rotatable bonds is 11. The monoisotopic (exact) mass is 521 g/mol. The zero-order valence-corrected chi connectivity index (χ0v) is 22.2. The van der Waals surface area contributed by atoms with Gasteiger partial charge in [-0.25, -0.2) is 0 Å². The van der Waals surface area contributed by atoms with E-state index >= 15 is 0 Å². The molecule has 2 amide bonds. The van der Waals surface area contributed by atoms with E-state index in [1.807, 2.05) is 48.5 Å². The van der Waals surface area contributed by atoms with Gasteiger partial charge >= 0.3 is 0 Å². The fourth-order valence-electron chi connectivity index (χ4n) is 5.19. The van der Waals surface area contributed by atoms with Crippen molar-refractivity contribution >= 4 is 11.8 Å². The van der Waals surface area contributed by atoms with Crippen LogP contribution in [0.4, 0.5) is 0 Å². The smallest absolute Gasteiger partial charge is 0.270 e. The topological polar surface area (TPSA) is 65.1 Å². The first kappa shape index (κ1) is 26.3. The zero-order valence-electron chi connectivity index (χ0n) is 22.2. The quantitative estimate of drug-likeness (QED) is 0.232. The highest BCUT2D eigenvalue weighted by molar-refractivity contribution is 6.20. The summed E-state index contributed by atoms with van der Waals surface area (Å²) in [5.41, 5.74) is 2.88. The lowest BCUT2D eigenvalue weighted by Crippen LogP contribution is -2.34. The average Bonchev–Trinajstić information content (AvgIpc) is 3.24. The fraction of sp³-hybridized carbons (Fsp3) is 0.273. The van der Waals surface area contributed by atoms with Crippen LogP contribution in [-0.4, -0.2) is 44.1 Å². The first-order valence-corrected chi connectivity index (χ1v) is 13.2. The summed E-state index contributed by atoms with van der Waals surface area (Å²) in [4.78, 5) is 26.7. The van der Waals surface area contributed by atoms with Gasteiger partial charge in [0.1, 0.15) is 22.7 Å². The zero-order chi connectivity index (χ0) is 27.2. The van der Waals surface area contributed by atoms with Crippen molar-refractivity contribution in [2.75, 3.05) is 27.4 Å². The van der Waals surface area contributed by atoms with Gasteiger partial charge in [-0.3, -0.25) is 14.5 Å². The number of ether oxygens (including phenoxy) is 3. The van der Waals surface area contributed by atoms with Crippen LogP contribution in [0, 0.1) is 12.1 Å². The molecule has 6 heteroatoms. The maximum Gasteiger partial charge on any atom is 0.270 e. The van der Waals surface area contributed by atoms with Crippen LogP contribution in [0.2, 0.25) is 0 Å². The maximum atomic E-state index is 12.7. The molecule has 1 aliphatic carbocycles. The Kier molecular flexibility index (Phi) is 7.81. The summed E-state index contributed by atoms with van der Waals surface area (Å²) in [7, 11) is 3.30. The molecule has 3 aromatic rings. The number of nitrogens with zero attached hydrogens (tertiary/aromatic N) is 1. The van der Waals surface area contributed by atoms with Crippen molar-refractivity contribution in [3.63, 3.8) is 0 Å². The van der Waals surface area contributed by atoms with Crippen molar-refractivity contribution in [2.24, 2.45) is 0 Å². The van der Waals surface area contributed by atoms with Crippen molar-refractivity contribution in [2.45, 2.75) is 31.3 Å². The summed E-state index contributed by atoms with van der Waals surface area (Å²) in [5, 5.41) is 0. The molecule has 39 heavy (non-hydrogen) atoms. The molecule has 1 aliphatic heterocycles. The number of hydrogen-bond acceptors (Lipinski definition) is 5. The van der Waals surface area contributed by atoms with Gasteiger partial charge in [0.2, 0.25) is 0 Å². The fourth-order valence-corrected chi connectivity index (χ4v) is 5.19. The molecule has 0 spiro atoms. The molecule has 0 radical (unpaired) electrons. The molecule has 0 fully saturated rings. The highest BCUT2D eigenvalue weighted by Gasteiger charge is 2.39. The summed E-state index contributed by atoms with van der Waals surface area (Å²) >= 11 is 0. The molecule has 0 saturated carbocycles. The third-order valence-electron chi connectivity index (χ3n) is 7.22. The average molecular weight is 522 g/mol. The number of unbranched alkanes of at least 4 members (excludes halogenated alkanes) is 1. The van der Waals surface area contributed by atoms with E-state index < -0.39 is 5.60 Å². The van der Waals surface area contributed by atoms with Gasteiger partial charge in [-0.05, 0) is 78.8 Å². The molecular formula is C33H31NO5. The lowest BCUT2D eigenvalue weighted by molar-refractivity contribution is 0.00903. The Morgan fingerprint density at radius 3 is 2.08 bits per heavy atom. The number of methoxy groups -OCH3 is 2. The van der Waals surface area contributed by atoms with Gasteiger partial charge in [0.05, 0.1) is 19.8 Å². The highest BCUT2D eigenvalue weighted by Crippen LogP contribution is 2.43. The van der Waals surface area contributed by atoms with Crippen LogP contribution in [0.5, 0.6) is 11.5 Å². The number of benzene rings is 2. The third kappa shape index (κ3) is 5.06. The normalized spacial score (nSPS) is 14.6. The van der Waals surface area contributed by atoms with Crippen molar-refractivity contribution in [3.8, 4) is 11.5 Å². The number of carbonyl (C=O) groups is 2. The van der Waals surface area contributed by atoms with Crippen LogP contribution in [0.1, 0.15) is 57.5 Å². The predicted molar refractivity (Wildman–Crippen MR) is 148 cm³/mol. The van der Waals surface area contributed by atoms with E-state index in [-0.39, 0.29) is 11.8 Å². The summed E-state index contributed by atoms with van der Waals surface area (Å²) in [6.07, 6.45) is 9.75. The molecule has 0 unspecified atom stereocenters. The van der Waals surface area contributed by atoms with Crippen molar-refractivity contribution in [1.82, 2.24) is 4.90 Å². The van der Waals surface area contributed by atoms with Crippen LogP contribution in [0.25, 0.3) is 0 Å². The van der Waals surface area contributed by atoms with Gasteiger partial charge in [0.15, 0.2) is 0 Å². The number of allylic oxidation sites excluding steroid dienone is 2. The first-order chi connectivity index (χ1) is 19.1. The highest BCUT2D eigenvalue weighted by atomic mass is 16.5. The first-order valence-electron chi connectivity index (χ1n) is 13.2. The van der Waals surface area contributed by atoms with E-state index in [9.17, 15) is 9.59 Å². The van der Waals surface area contributed by atoms with Crippen LogP contribution in [0.3, 0.4) is 0 Å². The standard InChI is InChI=1S/C33H31NO5/c1-37-27-18-14-25(15-19-27)33(24-10-4-3-5-11-24,26-16-20-28(38-2)21-17-26)39-23-9-8-22-34-31(35)29-12-6-7-13-30(29)32(34)36/h4,6,10-12,14-21H,3,5,8-9,22-23H2,1-2H3. The molecule has 198 valence electrons. The van der Waals surface area contributed by atoms with E-state index in [0.29, 0.717) is 37.1 Å². The number of carbonyl (C=O) groups excluding carboxylic acids is 2. The summed E-state index contributed by atoms with van der Waals surface area (Å²) in [6, 6.07) is 24.7. The largest absolute Gasteiger partial charge is 0.497 e. The van der Waals surface area contributed by atoms with Gasteiger partial charge in [-0.1, -0.05) is 54.6 Å². The van der Waals surface area contributed by atoms with E-state index in [1.54, 1.807) is 26.4 Å². The Bertz CT molecular complexity index is 1310. The van der Waals surface area contributed by atoms with Crippen LogP contribution < -0.4 is 9.47 Å². The summed E-state index contributed by atoms with van der Waals surface area (Å²) in [6.45, 7) is 0.747. The Balaban J connectivity index is 1.39. The Morgan fingerprint density at radius 2 is 1.51 bits per heavy atom. The SMILES string of the molecule is COc1ccc(C(OCCCCN2C(=O)c3c#cccc3C2=O)(C2=CCCC=C2)c2ccc(OC)cc2)cc1. The predicted octanol–water partition coefficient (Wildman–Crippen LogP) is 5.92. The molecule has 3 aromatic carbocycles. The second-order valence-corrected chi connectivity index (χ2v) is 9.49. The van der Waals surface area contributed by atoms with Gasteiger partial charge < -0.3 is 14.2 Å². The number of amides is 2. The molecular weight excluding hydrogens is 490 g/mol. The van der Waals surface area contributed by atoms with E-state index in [2.05, 4.69) is 30.4 Å². The van der Waals surface area contributed by atoms with Crippen molar-refractivity contribution in [1.29, 1.82) is 0 Å². The molecule has 0 N–H and O–H groups in total. The number of fused-ring (bicyclic) bond motifs is 1. The molecule has 0 bridgehead atoms. The van der Waals surface area contributed by atoms with Crippen molar-refractivity contribution < 1.29 is 23.8 Å². The number of imide groups is 1. The van der Waals surface area contributed by atoms with Gasteiger partial charge in [0, 0.05) is 13.2 Å². The maximum absolute atomic E-state index is 12.7. The van der Waals surface area contributed by atoms with E-state index in [0.717, 1.165) is 41.0 Å². The molecule has 0 aromatic heterocycles. The van der Waals surface area contributed by atoms with E-state index in [1.165, 1.54) is 4.90 Å². The molecule has 0 saturated heterocycles. The number of hydrogen-bond donors (Lipinski definition) is 0. The minimum atomic E-state index is -0.851. The lowest BCUT2D eigenvalue weighted by atomic mass is 9.77. The second kappa shape index (κ2) is 11.6. The molecule has 6 nitrogen and oxygen atoms in total. The summed E-state index contributed by atoms with van der Waals surface area (Å²) in [5.74, 6) is 0.957. The minimum absolute atomic E-state index is 0.274. The Hall–Kier alpha value is -4.34. The minimum Gasteiger partial charge on any atom is -0.497 e. The Labute approximate surface area is 229 Å². The van der Waals surface area contributed by atoms with Crippen LogP contribution >= 0.6 is 0 Å². The summed E-state index contributed by atoms with van der Waals surface area (Å²) < 4.78 is 17.7. The molecule has 2 aliphatic rings. The van der Waals surface area contributed by atoms with Gasteiger partial charge in [-0.2, -0.15) is 0 Å². The second-order valence-electron chi connectivity index (χ2n) is 9.49. The molecule has 5 rings (SSSR count). The molecule has 0 atom stereocenters. The third-order valence-corrected chi connectivity index (χ3v) is 7.22.